The number of amides is 1. The van der Waals surface area contributed by atoms with Crippen LogP contribution in [0.15, 0.2) is 116 Å². The first-order valence-corrected chi connectivity index (χ1v) is 20.2. The summed E-state index contributed by atoms with van der Waals surface area (Å²) in [6, 6.07) is 33.0. The summed E-state index contributed by atoms with van der Waals surface area (Å²) in [6.07, 6.45) is 5.32. The van der Waals surface area contributed by atoms with Crippen molar-refractivity contribution >= 4 is 41.4 Å². The van der Waals surface area contributed by atoms with Gasteiger partial charge in [0, 0.05) is 29.9 Å². The first-order chi connectivity index (χ1) is 26.1. The molecule has 6 aromatic rings. The minimum Gasteiger partial charge on any atom is -0.496 e. The van der Waals surface area contributed by atoms with E-state index in [1.807, 2.05) is 28.8 Å². The number of ether oxygens (including phenoxy) is 2. The lowest BCUT2D eigenvalue weighted by molar-refractivity contribution is -0.0230. The van der Waals surface area contributed by atoms with Crippen molar-refractivity contribution in [3.8, 4) is 11.4 Å². The number of anilines is 1. The third kappa shape index (κ3) is 7.26. The molecule has 9 nitrogen and oxygen atoms in total. The SMILES string of the molecule is COc1ccc(F)cc1C(=O)NCc1ccc(-n2cc(C3CCC(CO[Si](c4ccccc4)(c4ccccc4)C(C)(C)C)OC3)c3ncnc(N)c32)cc1. The molecule has 0 aliphatic carbocycles. The van der Waals surface area contributed by atoms with Gasteiger partial charge in [-0.3, -0.25) is 4.79 Å². The molecule has 3 heterocycles. The van der Waals surface area contributed by atoms with Crippen LogP contribution in [-0.4, -0.2) is 55.2 Å². The van der Waals surface area contributed by atoms with Crippen LogP contribution in [0.4, 0.5) is 10.2 Å². The smallest absolute Gasteiger partial charge is 0.261 e. The van der Waals surface area contributed by atoms with Gasteiger partial charge < -0.3 is 29.5 Å². The van der Waals surface area contributed by atoms with Gasteiger partial charge in [0.1, 0.15) is 23.4 Å². The number of hydrogen-bond acceptors (Lipinski definition) is 7. The van der Waals surface area contributed by atoms with E-state index in [0.29, 0.717) is 24.8 Å². The van der Waals surface area contributed by atoms with Gasteiger partial charge in [-0.1, -0.05) is 93.6 Å². The average Bonchev–Trinajstić information content (AvgIpc) is 3.59. The topological polar surface area (TPSA) is 114 Å². The molecular formula is C43H46FN5O4Si. The first kappa shape index (κ1) is 37.0. The van der Waals surface area contributed by atoms with Gasteiger partial charge >= 0.3 is 0 Å². The van der Waals surface area contributed by atoms with Gasteiger partial charge in [0.25, 0.3) is 14.2 Å². The van der Waals surface area contributed by atoms with Crippen molar-refractivity contribution in [3.63, 3.8) is 0 Å². The van der Waals surface area contributed by atoms with E-state index in [9.17, 15) is 9.18 Å². The Kier molecular flexibility index (Phi) is 10.6. The fourth-order valence-electron chi connectivity index (χ4n) is 7.68. The van der Waals surface area contributed by atoms with Crippen LogP contribution < -0.4 is 26.2 Å². The zero-order chi connectivity index (χ0) is 37.9. The second-order valence-corrected chi connectivity index (χ2v) is 19.1. The summed E-state index contributed by atoms with van der Waals surface area (Å²) in [6.45, 7) is 8.17. The maximum Gasteiger partial charge on any atom is 0.261 e. The largest absolute Gasteiger partial charge is 0.496 e. The lowest BCUT2D eigenvalue weighted by atomic mass is 9.92. The minimum atomic E-state index is -2.68. The predicted octanol–water partition coefficient (Wildman–Crippen LogP) is 6.92. The van der Waals surface area contributed by atoms with Crippen LogP contribution in [0.5, 0.6) is 5.75 Å². The molecule has 3 N–H and O–H groups in total. The second-order valence-electron chi connectivity index (χ2n) is 14.8. The Morgan fingerprint density at radius 3 is 2.26 bits per heavy atom. The highest BCUT2D eigenvalue weighted by molar-refractivity contribution is 6.99. The fourth-order valence-corrected chi connectivity index (χ4v) is 12.3. The average molecular weight is 744 g/mol. The van der Waals surface area contributed by atoms with Gasteiger partial charge in [-0.05, 0) is 64.1 Å². The molecular weight excluding hydrogens is 698 g/mol. The number of fused-ring (bicyclic) bond motifs is 1. The normalized spacial score (nSPS) is 16.3. The number of benzene rings is 4. The lowest BCUT2D eigenvalue weighted by Gasteiger charge is -2.44. The van der Waals surface area contributed by atoms with Crippen LogP contribution in [0.3, 0.4) is 0 Å². The van der Waals surface area contributed by atoms with Crippen LogP contribution in [0.25, 0.3) is 16.7 Å². The van der Waals surface area contributed by atoms with Gasteiger partial charge in [-0.2, -0.15) is 0 Å². The van der Waals surface area contributed by atoms with Crippen molar-refractivity contribution in [2.24, 2.45) is 0 Å². The monoisotopic (exact) mass is 743 g/mol. The number of carbonyl (C=O) groups is 1. The van der Waals surface area contributed by atoms with Crippen LogP contribution >= 0.6 is 0 Å². The fraction of sp³-hybridized carbons (Fsp3) is 0.279. The van der Waals surface area contributed by atoms with Gasteiger partial charge in [0.15, 0.2) is 5.82 Å². The summed E-state index contributed by atoms with van der Waals surface area (Å²) < 4.78 is 34.9. The number of carbonyl (C=O) groups excluding carboxylic acids is 1. The van der Waals surface area contributed by atoms with Crippen molar-refractivity contribution < 1.29 is 23.1 Å². The molecule has 1 amide bonds. The van der Waals surface area contributed by atoms with Crippen LogP contribution in [0.1, 0.15) is 61.0 Å². The minimum absolute atomic E-state index is 0.0361. The molecule has 1 fully saturated rings. The summed E-state index contributed by atoms with van der Waals surface area (Å²) in [5.41, 5.74) is 11.0. The molecule has 0 radical (unpaired) electrons. The summed E-state index contributed by atoms with van der Waals surface area (Å²) in [4.78, 5) is 21.8. The Morgan fingerprint density at radius 1 is 0.963 bits per heavy atom. The highest BCUT2D eigenvalue weighted by atomic mass is 28.4. The van der Waals surface area contributed by atoms with E-state index in [1.54, 1.807) is 0 Å². The Balaban J connectivity index is 1.06. The molecule has 0 bridgehead atoms. The highest BCUT2D eigenvalue weighted by Gasteiger charge is 2.50. The lowest BCUT2D eigenvalue weighted by Crippen LogP contribution is -2.67. The summed E-state index contributed by atoms with van der Waals surface area (Å²) in [7, 11) is -1.23. The number of nitrogens with two attached hydrogens (primary N) is 1. The van der Waals surface area contributed by atoms with E-state index < -0.39 is 20.0 Å². The summed E-state index contributed by atoms with van der Waals surface area (Å²) in [5.74, 6) is -0.122. The zero-order valence-electron chi connectivity index (χ0n) is 31.1. The second kappa shape index (κ2) is 15.5. The Bertz CT molecular complexity index is 2180. The van der Waals surface area contributed by atoms with E-state index in [-0.39, 0.29) is 29.2 Å². The van der Waals surface area contributed by atoms with E-state index in [0.717, 1.165) is 40.7 Å². The molecule has 4 aromatic carbocycles. The number of nitrogens with zero attached hydrogens (tertiary/aromatic N) is 3. The standard InChI is InChI=1S/C43H46FN5O4Si/c1-43(2,3)54(34-11-7-5-8-12-34,35-13-9-6-10-14-35)53-27-33-21-17-30(26-52-33)37-25-49(40-39(37)47-28-48-41(40)45)32-19-15-29(16-20-32)24-46-42(50)36-23-31(44)18-22-38(36)51-4/h5-16,18-20,22-23,25,28,30,33H,17,21,24,26-27H2,1-4H3,(H,46,50)(H2,45,47,48). The molecule has 7 rings (SSSR count). The van der Waals surface area contributed by atoms with Crippen molar-refractivity contribution in [2.45, 2.75) is 57.2 Å². The van der Waals surface area contributed by atoms with Crippen LogP contribution in [0, 0.1) is 5.82 Å². The molecule has 2 aromatic heterocycles. The third-order valence-electron chi connectivity index (χ3n) is 10.4. The number of halogens is 1. The van der Waals surface area contributed by atoms with Crippen molar-refractivity contribution in [1.29, 1.82) is 0 Å². The van der Waals surface area contributed by atoms with Gasteiger partial charge in [-0.15, -0.1) is 0 Å². The van der Waals surface area contributed by atoms with E-state index in [4.69, 9.17) is 19.6 Å². The molecule has 278 valence electrons. The molecule has 2 atom stereocenters. The highest BCUT2D eigenvalue weighted by Crippen LogP contribution is 2.39. The zero-order valence-corrected chi connectivity index (χ0v) is 32.1. The summed E-state index contributed by atoms with van der Waals surface area (Å²) >= 11 is 0. The predicted molar refractivity (Wildman–Crippen MR) is 213 cm³/mol. The number of nitrogens with one attached hydrogen (secondary N) is 1. The number of methoxy groups -OCH3 is 1. The number of nitrogen functional groups attached to an aromatic ring is 1. The van der Waals surface area contributed by atoms with Gasteiger partial charge in [0.2, 0.25) is 0 Å². The number of rotatable bonds is 11. The van der Waals surface area contributed by atoms with Crippen LogP contribution in [0.2, 0.25) is 5.04 Å². The molecule has 11 heteroatoms. The van der Waals surface area contributed by atoms with E-state index in [2.05, 4.69) is 103 Å². The molecule has 0 saturated carbocycles. The quantitative estimate of drug-likeness (QED) is 0.139. The molecule has 54 heavy (non-hydrogen) atoms. The third-order valence-corrected chi connectivity index (χ3v) is 15.4. The first-order valence-electron chi connectivity index (χ1n) is 18.3. The van der Waals surface area contributed by atoms with E-state index in [1.165, 1.54) is 42.0 Å². The molecule has 1 aliphatic heterocycles. The molecule has 1 saturated heterocycles. The van der Waals surface area contributed by atoms with E-state index >= 15 is 0 Å². The maximum absolute atomic E-state index is 13.8. The molecule has 2 unspecified atom stereocenters. The van der Waals surface area contributed by atoms with Gasteiger partial charge in [-0.25, -0.2) is 14.4 Å². The van der Waals surface area contributed by atoms with Crippen molar-refractivity contribution in [3.05, 3.63) is 138 Å². The van der Waals surface area contributed by atoms with Crippen molar-refractivity contribution in [1.82, 2.24) is 19.9 Å². The number of hydrogen-bond donors (Lipinski definition) is 2. The number of aromatic nitrogens is 3. The summed E-state index contributed by atoms with van der Waals surface area (Å²) in [5, 5.41) is 5.25. The Hall–Kier alpha value is -5.36. The Morgan fingerprint density at radius 2 is 1.65 bits per heavy atom. The van der Waals surface area contributed by atoms with Crippen molar-refractivity contribution in [2.75, 3.05) is 26.1 Å². The molecule has 0 spiro atoms. The Labute approximate surface area is 316 Å². The van der Waals surface area contributed by atoms with Gasteiger partial charge in [0.05, 0.1) is 37.5 Å². The molecule has 1 aliphatic rings. The van der Waals surface area contributed by atoms with Crippen LogP contribution in [-0.2, 0) is 15.7 Å². The maximum atomic E-state index is 13.8.